The fraction of sp³-hybridized carbons (Fsp3) is 0.412. The molecule has 3 rings (SSSR count). The molecule has 1 fully saturated rings. The predicted octanol–water partition coefficient (Wildman–Crippen LogP) is 5.32. The molecule has 120 valence electrons. The van der Waals surface area contributed by atoms with Crippen molar-refractivity contribution in [2.75, 3.05) is 26.5 Å². The van der Waals surface area contributed by atoms with Crippen LogP contribution in [0.1, 0.15) is 22.6 Å². The maximum atomic E-state index is 5.76. The van der Waals surface area contributed by atoms with Crippen LogP contribution in [0.3, 0.4) is 0 Å². The molecular weight excluding hydrogens is 378 g/mol. The van der Waals surface area contributed by atoms with E-state index in [2.05, 4.69) is 62.9 Å². The lowest BCUT2D eigenvalue weighted by Gasteiger charge is -2.35. The maximum Gasteiger partial charge on any atom is 0.0975 e. The Balaban J connectivity index is 0.000000847. The second-order valence-electron chi connectivity index (χ2n) is 5.00. The van der Waals surface area contributed by atoms with E-state index >= 15 is 0 Å². The van der Waals surface area contributed by atoms with E-state index in [0.29, 0.717) is 0 Å². The molecule has 2 aromatic heterocycles. The summed E-state index contributed by atoms with van der Waals surface area (Å²) < 4.78 is 5.76. The van der Waals surface area contributed by atoms with Crippen LogP contribution in [0.2, 0.25) is 0 Å². The number of thiophene rings is 2. The highest BCUT2D eigenvalue weighted by atomic mass is 79.9. The van der Waals surface area contributed by atoms with Crippen molar-refractivity contribution >= 4 is 44.2 Å². The average molecular weight is 400 g/mol. The van der Waals surface area contributed by atoms with Gasteiger partial charge < -0.3 is 9.64 Å². The molecule has 0 spiro atoms. The highest BCUT2D eigenvalue weighted by Gasteiger charge is 2.27. The summed E-state index contributed by atoms with van der Waals surface area (Å²) in [5, 5.41) is 4.29. The highest BCUT2D eigenvalue weighted by molar-refractivity contribution is 9.08. The number of hydrogen-bond donors (Lipinski definition) is 0. The van der Waals surface area contributed by atoms with Gasteiger partial charge in [0.25, 0.3) is 0 Å². The number of hydrogen-bond acceptors (Lipinski definition) is 4. The summed E-state index contributed by atoms with van der Waals surface area (Å²) in [6.07, 6.45) is 2.50. The molecule has 1 saturated heterocycles. The summed E-state index contributed by atoms with van der Waals surface area (Å²) in [5.41, 5.74) is 2.69. The molecule has 2 nitrogen and oxygen atoms in total. The monoisotopic (exact) mass is 399 g/mol. The van der Waals surface area contributed by atoms with Gasteiger partial charge in [-0.15, -0.1) is 22.7 Å². The Bertz CT molecular complexity index is 542. The number of nitrogens with zero attached hydrogens (tertiary/aromatic N) is 1. The molecule has 0 aromatic carbocycles. The van der Waals surface area contributed by atoms with E-state index in [-0.39, 0.29) is 6.10 Å². The second kappa shape index (κ2) is 8.87. The largest absolute Gasteiger partial charge is 0.375 e. The van der Waals surface area contributed by atoms with Crippen molar-refractivity contribution in [3.05, 3.63) is 50.5 Å². The standard InChI is InChI=1S/C16H19NOS2.CH3Br/c1-17-9-3-6-12(18-2)16(17)15(13-7-4-10-19-13)14-8-5-11-20-14;1-2/h4-5,7-8,10-12H,3,6,9H2,1-2H3;1H3. The Morgan fingerprint density at radius 2 is 1.77 bits per heavy atom. The zero-order valence-corrected chi connectivity index (χ0v) is 16.4. The first-order valence-electron chi connectivity index (χ1n) is 7.25. The maximum absolute atomic E-state index is 5.76. The van der Waals surface area contributed by atoms with Crippen LogP contribution in [0.5, 0.6) is 0 Å². The van der Waals surface area contributed by atoms with Gasteiger partial charge in [-0.25, -0.2) is 0 Å². The molecule has 2 aromatic rings. The molecule has 3 heterocycles. The smallest absolute Gasteiger partial charge is 0.0975 e. The third-order valence-electron chi connectivity index (χ3n) is 3.75. The summed E-state index contributed by atoms with van der Waals surface area (Å²) in [7, 11) is 4.01. The molecule has 1 aliphatic heterocycles. The quantitative estimate of drug-likeness (QED) is 0.647. The van der Waals surface area contributed by atoms with E-state index in [9.17, 15) is 0 Å². The normalized spacial score (nSPS) is 17.9. The van der Waals surface area contributed by atoms with Crippen LogP contribution in [0.25, 0.3) is 5.57 Å². The van der Waals surface area contributed by atoms with Gasteiger partial charge in [0.2, 0.25) is 0 Å². The van der Waals surface area contributed by atoms with E-state index in [1.807, 2.05) is 12.9 Å². The molecule has 0 N–H and O–H groups in total. The third kappa shape index (κ3) is 3.82. The summed E-state index contributed by atoms with van der Waals surface area (Å²) >= 11 is 6.55. The van der Waals surface area contributed by atoms with Crippen molar-refractivity contribution in [1.82, 2.24) is 4.90 Å². The number of ether oxygens (including phenoxy) is 1. The lowest BCUT2D eigenvalue weighted by Crippen LogP contribution is -2.35. The Kier molecular flexibility index (Phi) is 7.15. The summed E-state index contributed by atoms with van der Waals surface area (Å²) in [5.74, 6) is 1.81. The first-order valence-corrected chi connectivity index (χ1v) is 10.6. The van der Waals surface area contributed by atoms with Crippen LogP contribution >= 0.6 is 38.6 Å². The minimum absolute atomic E-state index is 0.202. The van der Waals surface area contributed by atoms with Crippen LogP contribution in [-0.4, -0.2) is 37.5 Å². The van der Waals surface area contributed by atoms with Crippen molar-refractivity contribution in [3.8, 4) is 0 Å². The van der Waals surface area contributed by atoms with E-state index in [4.69, 9.17) is 4.74 Å². The van der Waals surface area contributed by atoms with E-state index in [0.717, 1.165) is 13.0 Å². The molecule has 22 heavy (non-hydrogen) atoms. The van der Waals surface area contributed by atoms with Gasteiger partial charge in [0, 0.05) is 36.0 Å². The van der Waals surface area contributed by atoms with Gasteiger partial charge >= 0.3 is 0 Å². The number of rotatable bonds is 3. The van der Waals surface area contributed by atoms with Gasteiger partial charge in [-0.05, 0) is 41.6 Å². The molecular formula is C17H22BrNOS2. The molecule has 1 aliphatic rings. The summed E-state index contributed by atoms with van der Waals surface area (Å²) in [4.78, 5) is 5.03. The molecule has 0 saturated carbocycles. The minimum atomic E-state index is 0.202. The highest BCUT2D eigenvalue weighted by Crippen LogP contribution is 2.37. The minimum Gasteiger partial charge on any atom is -0.375 e. The number of halogens is 1. The molecule has 1 unspecified atom stereocenters. The Hall–Kier alpha value is -0.620. The van der Waals surface area contributed by atoms with Crippen molar-refractivity contribution in [2.45, 2.75) is 18.9 Å². The molecule has 0 amide bonds. The first-order chi connectivity index (χ1) is 10.8. The fourth-order valence-corrected chi connectivity index (χ4v) is 4.46. The van der Waals surface area contributed by atoms with E-state index < -0.39 is 0 Å². The van der Waals surface area contributed by atoms with E-state index in [1.54, 1.807) is 22.7 Å². The van der Waals surface area contributed by atoms with Gasteiger partial charge in [0.05, 0.1) is 11.8 Å². The van der Waals surface area contributed by atoms with Crippen LogP contribution in [0, 0.1) is 0 Å². The van der Waals surface area contributed by atoms with Gasteiger partial charge in [-0.3, -0.25) is 0 Å². The molecule has 0 radical (unpaired) electrons. The predicted molar refractivity (Wildman–Crippen MR) is 102 cm³/mol. The lowest BCUT2D eigenvalue weighted by molar-refractivity contribution is 0.0791. The Labute approximate surface area is 149 Å². The van der Waals surface area contributed by atoms with Gasteiger partial charge in [-0.1, -0.05) is 28.1 Å². The zero-order chi connectivity index (χ0) is 15.9. The van der Waals surface area contributed by atoms with Crippen LogP contribution in [-0.2, 0) is 4.74 Å². The Morgan fingerprint density at radius 1 is 1.18 bits per heavy atom. The lowest BCUT2D eigenvalue weighted by atomic mass is 9.98. The zero-order valence-electron chi connectivity index (χ0n) is 13.2. The fourth-order valence-electron chi connectivity index (χ4n) is 2.81. The molecule has 0 aliphatic carbocycles. The van der Waals surface area contributed by atoms with Gasteiger partial charge in [-0.2, -0.15) is 0 Å². The van der Waals surface area contributed by atoms with Crippen LogP contribution < -0.4 is 0 Å². The third-order valence-corrected chi connectivity index (χ3v) is 5.53. The molecule has 0 bridgehead atoms. The van der Waals surface area contributed by atoms with Crippen molar-refractivity contribution in [1.29, 1.82) is 0 Å². The number of alkyl halides is 1. The summed E-state index contributed by atoms with van der Waals surface area (Å²) in [6, 6.07) is 8.67. The molecule has 1 atom stereocenters. The topological polar surface area (TPSA) is 12.5 Å². The van der Waals surface area contributed by atoms with E-state index in [1.165, 1.54) is 27.4 Å². The number of methoxy groups -OCH3 is 1. The average Bonchev–Trinajstić information content (AvgIpc) is 3.25. The van der Waals surface area contributed by atoms with Gasteiger partial charge in [0.1, 0.15) is 0 Å². The molecule has 5 heteroatoms. The second-order valence-corrected chi connectivity index (χ2v) is 6.90. The van der Waals surface area contributed by atoms with Crippen LogP contribution in [0.15, 0.2) is 40.7 Å². The van der Waals surface area contributed by atoms with Crippen molar-refractivity contribution in [2.24, 2.45) is 0 Å². The number of likely N-dealkylation sites (tertiary alicyclic amines) is 1. The SMILES string of the molecule is CBr.COC1CCCN(C)C1=C(c1cccs1)c1cccs1. The van der Waals surface area contributed by atoms with Crippen LogP contribution in [0.4, 0.5) is 0 Å². The number of piperidine rings is 1. The number of likely N-dealkylation sites (N-methyl/N-ethyl adjacent to an activating group) is 1. The van der Waals surface area contributed by atoms with Crippen molar-refractivity contribution in [3.63, 3.8) is 0 Å². The van der Waals surface area contributed by atoms with Crippen molar-refractivity contribution < 1.29 is 4.74 Å². The first kappa shape index (κ1) is 17.7. The summed E-state index contributed by atoms with van der Waals surface area (Å²) in [6.45, 7) is 1.11. The van der Waals surface area contributed by atoms with Gasteiger partial charge in [0.15, 0.2) is 0 Å². The Morgan fingerprint density at radius 3 is 2.23 bits per heavy atom.